The smallest absolute Gasteiger partial charge is 0.140 e. The van der Waals surface area contributed by atoms with Crippen LogP contribution in [0.1, 0.15) is 36.2 Å². The van der Waals surface area contributed by atoms with Gasteiger partial charge in [0.2, 0.25) is 0 Å². The van der Waals surface area contributed by atoms with Gasteiger partial charge in [-0.25, -0.2) is 4.98 Å². The van der Waals surface area contributed by atoms with E-state index in [2.05, 4.69) is 35.8 Å². The molecular formula is C17H23N3. The van der Waals surface area contributed by atoms with Gasteiger partial charge in [-0.15, -0.1) is 0 Å². The Balaban J connectivity index is 2.04. The third-order valence-corrected chi connectivity index (χ3v) is 4.09. The number of nitrogens with two attached hydrogens (primary N) is 1. The van der Waals surface area contributed by atoms with Crippen molar-refractivity contribution in [3.63, 3.8) is 0 Å². The third-order valence-electron chi connectivity index (χ3n) is 4.09. The second-order valence-electron chi connectivity index (χ2n) is 5.70. The zero-order valence-corrected chi connectivity index (χ0v) is 12.2. The maximum Gasteiger partial charge on any atom is 0.140 e. The van der Waals surface area contributed by atoms with E-state index in [-0.39, 0.29) is 0 Å². The van der Waals surface area contributed by atoms with Crippen LogP contribution in [0.5, 0.6) is 0 Å². The van der Waals surface area contributed by atoms with E-state index >= 15 is 0 Å². The number of fused-ring (bicyclic) bond motifs is 1. The van der Waals surface area contributed by atoms with Crippen molar-refractivity contribution in [2.45, 2.75) is 45.6 Å². The summed E-state index contributed by atoms with van der Waals surface area (Å²) in [6.45, 7) is 3.99. The Labute approximate surface area is 120 Å². The van der Waals surface area contributed by atoms with E-state index in [0.717, 1.165) is 31.8 Å². The molecule has 20 heavy (non-hydrogen) atoms. The molecule has 3 heteroatoms. The van der Waals surface area contributed by atoms with Gasteiger partial charge in [-0.3, -0.25) is 0 Å². The molecule has 0 aliphatic carbocycles. The van der Waals surface area contributed by atoms with Crippen molar-refractivity contribution >= 4 is 0 Å². The number of imidazole rings is 1. The van der Waals surface area contributed by atoms with Crippen molar-refractivity contribution in [3.05, 3.63) is 41.2 Å². The van der Waals surface area contributed by atoms with Crippen LogP contribution in [0.2, 0.25) is 0 Å². The molecular weight excluding hydrogens is 246 g/mol. The first-order valence-electron chi connectivity index (χ1n) is 7.65. The Hall–Kier alpha value is -1.61. The molecule has 0 spiro atoms. The minimum atomic E-state index is 0.742. The molecule has 3 nitrogen and oxygen atoms in total. The van der Waals surface area contributed by atoms with Crippen LogP contribution in [0.3, 0.4) is 0 Å². The van der Waals surface area contributed by atoms with Gasteiger partial charge in [-0.1, -0.05) is 23.8 Å². The third kappa shape index (κ3) is 2.50. The normalized spacial score (nSPS) is 14.3. The molecule has 2 aromatic rings. The molecule has 0 saturated carbocycles. The van der Waals surface area contributed by atoms with Gasteiger partial charge < -0.3 is 10.3 Å². The molecule has 2 N–H and O–H groups in total. The fourth-order valence-corrected chi connectivity index (χ4v) is 3.09. The molecule has 0 radical (unpaired) electrons. The average molecular weight is 269 g/mol. The maximum atomic E-state index is 5.66. The van der Waals surface area contributed by atoms with Gasteiger partial charge in [0.1, 0.15) is 5.82 Å². The van der Waals surface area contributed by atoms with E-state index in [1.807, 2.05) is 0 Å². The Morgan fingerprint density at radius 3 is 3.00 bits per heavy atom. The quantitative estimate of drug-likeness (QED) is 0.927. The van der Waals surface area contributed by atoms with Gasteiger partial charge in [0, 0.05) is 17.8 Å². The Morgan fingerprint density at radius 1 is 1.30 bits per heavy atom. The van der Waals surface area contributed by atoms with Gasteiger partial charge in [0.25, 0.3) is 0 Å². The number of hydrogen-bond acceptors (Lipinski definition) is 2. The molecule has 0 fully saturated rings. The summed E-state index contributed by atoms with van der Waals surface area (Å²) in [6.07, 6.45) is 5.75. The molecule has 1 aliphatic heterocycles. The van der Waals surface area contributed by atoms with E-state index in [0.29, 0.717) is 0 Å². The molecule has 1 aromatic carbocycles. The predicted molar refractivity (Wildman–Crippen MR) is 82.7 cm³/mol. The van der Waals surface area contributed by atoms with Gasteiger partial charge in [0.05, 0.1) is 5.69 Å². The van der Waals surface area contributed by atoms with E-state index in [1.54, 1.807) is 0 Å². The minimum absolute atomic E-state index is 0.742. The molecule has 2 heterocycles. The first-order valence-corrected chi connectivity index (χ1v) is 7.65. The highest BCUT2D eigenvalue weighted by Crippen LogP contribution is 2.28. The van der Waals surface area contributed by atoms with Crippen LogP contribution in [0.25, 0.3) is 11.4 Å². The number of benzene rings is 1. The predicted octanol–water partition coefficient (Wildman–Crippen LogP) is 3.09. The molecule has 1 aliphatic rings. The highest BCUT2D eigenvalue weighted by molar-refractivity contribution is 5.58. The first kappa shape index (κ1) is 13.4. The summed E-state index contributed by atoms with van der Waals surface area (Å²) in [6, 6.07) is 8.66. The molecule has 0 saturated heterocycles. The summed E-state index contributed by atoms with van der Waals surface area (Å²) >= 11 is 0. The monoisotopic (exact) mass is 269 g/mol. The van der Waals surface area contributed by atoms with Crippen molar-refractivity contribution in [3.8, 4) is 11.4 Å². The standard InChI is InChI=1S/C17H23N3/c1-13-6-4-7-14(12-13)17-19-15(8-5-10-18)16-9-2-3-11-20(16)17/h4,6-7,12H,2-3,5,8-11,18H2,1H3. The summed E-state index contributed by atoms with van der Waals surface area (Å²) in [7, 11) is 0. The summed E-state index contributed by atoms with van der Waals surface area (Å²) < 4.78 is 2.43. The molecule has 106 valence electrons. The van der Waals surface area contributed by atoms with E-state index in [9.17, 15) is 0 Å². The van der Waals surface area contributed by atoms with E-state index < -0.39 is 0 Å². The molecule has 0 unspecified atom stereocenters. The molecule has 0 bridgehead atoms. The van der Waals surface area contributed by atoms with E-state index in [4.69, 9.17) is 10.7 Å². The Kier molecular flexibility index (Phi) is 3.88. The van der Waals surface area contributed by atoms with Crippen molar-refractivity contribution in [1.29, 1.82) is 0 Å². The van der Waals surface area contributed by atoms with Crippen molar-refractivity contribution in [2.24, 2.45) is 5.73 Å². The van der Waals surface area contributed by atoms with Crippen molar-refractivity contribution in [2.75, 3.05) is 6.54 Å². The lowest BCUT2D eigenvalue weighted by Crippen LogP contribution is -2.12. The number of nitrogens with zero attached hydrogens (tertiary/aromatic N) is 2. The van der Waals surface area contributed by atoms with Crippen LogP contribution >= 0.6 is 0 Å². The number of rotatable bonds is 4. The van der Waals surface area contributed by atoms with Crippen LogP contribution in [0.4, 0.5) is 0 Å². The molecule has 1 aromatic heterocycles. The summed E-state index contributed by atoms with van der Waals surface area (Å²) in [5.41, 5.74) is 10.9. The topological polar surface area (TPSA) is 43.8 Å². The first-order chi connectivity index (χ1) is 9.79. The van der Waals surface area contributed by atoms with Crippen LogP contribution in [0.15, 0.2) is 24.3 Å². The number of hydrogen-bond donors (Lipinski definition) is 1. The zero-order chi connectivity index (χ0) is 13.9. The second-order valence-corrected chi connectivity index (χ2v) is 5.70. The summed E-state index contributed by atoms with van der Waals surface area (Å²) in [5, 5.41) is 0. The van der Waals surface area contributed by atoms with Crippen molar-refractivity contribution < 1.29 is 0 Å². The lowest BCUT2D eigenvalue weighted by molar-refractivity contribution is 0.532. The highest BCUT2D eigenvalue weighted by Gasteiger charge is 2.20. The van der Waals surface area contributed by atoms with Crippen LogP contribution < -0.4 is 5.73 Å². The Morgan fingerprint density at radius 2 is 2.20 bits per heavy atom. The largest absolute Gasteiger partial charge is 0.330 e. The Bertz CT molecular complexity index is 598. The lowest BCUT2D eigenvalue weighted by atomic mass is 10.1. The van der Waals surface area contributed by atoms with Crippen LogP contribution in [-0.4, -0.2) is 16.1 Å². The number of aromatic nitrogens is 2. The average Bonchev–Trinajstić information content (AvgIpc) is 2.84. The zero-order valence-electron chi connectivity index (χ0n) is 12.2. The molecule has 0 amide bonds. The van der Waals surface area contributed by atoms with E-state index in [1.165, 1.54) is 41.8 Å². The molecule has 0 atom stereocenters. The van der Waals surface area contributed by atoms with Crippen LogP contribution in [-0.2, 0) is 19.4 Å². The number of aryl methyl sites for hydroxylation is 2. The van der Waals surface area contributed by atoms with Gasteiger partial charge in [0.15, 0.2) is 0 Å². The molecule has 3 rings (SSSR count). The van der Waals surface area contributed by atoms with Gasteiger partial charge in [-0.2, -0.15) is 0 Å². The minimum Gasteiger partial charge on any atom is -0.330 e. The van der Waals surface area contributed by atoms with Gasteiger partial charge >= 0.3 is 0 Å². The van der Waals surface area contributed by atoms with Crippen LogP contribution in [0, 0.1) is 6.92 Å². The maximum absolute atomic E-state index is 5.66. The fourth-order valence-electron chi connectivity index (χ4n) is 3.09. The van der Waals surface area contributed by atoms with Crippen molar-refractivity contribution in [1.82, 2.24) is 9.55 Å². The summed E-state index contributed by atoms with van der Waals surface area (Å²) in [4.78, 5) is 4.95. The lowest BCUT2D eigenvalue weighted by Gasteiger charge is -2.17. The van der Waals surface area contributed by atoms with Gasteiger partial charge in [-0.05, 0) is 51.6 Å². The fraction of sp³-hybridized carbons (Fsp3) is 0.471. The highest BCUT2D eigenvalue weighted by atomic mass is 15.1. The summed E-state index contributed by atoms with van der Waals surface area (Å²) in [5.74, 6) is 1.15. The second kappa shape index (κ2) is 5.80. The SMILES string of the molecule is Cc1cccc(-c2nc(CCCN)c3n2CCCC3)c1.